The molecule has 0 bridgehead atoms. The van der Waals surface area contributed by atoms with Gasteiger partial charge in [0.15, 0.2) is 0 Å². The van der Waals surface area contributed by atoms with Gasteiger partial charge < -0.3 is 10.4 Å². The van der Waals surface area contributed by atoms with Crippen LogP contribution >= 0.6 is 0 Å². The van der Waals surface area contributed by atoms with Gasteiger partial charge in [0.1, 0.15) is 6.23 Å². The first-order valence-corrected chi connectivity index (χ1v) is 7.47. The quantitative estimate of drug-likeness (QED) is 0.862. The van der Waals surface area contributed by atoms with Crippen LogP contribution in [-0.2, 0) is 11.3 Å². The Morgan fingerprint density at radius 3 is 2.60 bits per heavy atom. The van der Waals surface area contributed by atoms with Crippen LogP contribution in [0, 0.1) is 0 Å². The minimum atomic E-state index is -0.743. The van der Waals surface area contributed by atoms with E-state index in [2.05, 4.69) is 22.3 Å². The van der Waals surface area contributed by atoms with Crippen molar-refractivity contribution in [3.8, 4) is 0 Å². The summed E-state index contributed by atoms with van der Waals surface area (Å²) >= 11 is 0. The Balaban J connectivity index is 1.85. The summed E-state index contributed by atoms with van der Waals surface area (Å²) in [6.07, 6.45) is 4.65. The average molecular weight is 274 g/mol. The van der Waals surface area contributed by atoms with Gasteiger partial charge in [-0.15, -0.1) is 0 Å². The van der Waals surface area contributed by atoms with Crippen LogP contribution in [0.4, 0.5) is 0 Å². The number of piperazine rings is 1. The minimum Gasteiger partial charge on any atom is -0.372 e. The molecule has 0 aromatic heterocycles. The normalized spacial score (nSPS) is 26.4. The van der Waals surface area contributed by atoms with Crippen LogP contribution in [0.2, 0.25) is 0 Å². The molecule has 1 atom stereocenters. The molecule has 2 fully saturated rings. The third-order valence-electron chi connectivity index (χ3n) is 4.71. The maximum absolute atomic E-state index is 11.8. The van der Waals surface area contributed by atoms with Crippen LogP contribution in [-0.4, -0.2) is 34.2 Å². The van der Waals surface area contributed by atoms with Crippen LogP contribution < -0.4 is 5.32 Å². The number of aliphatic hydroxyl groups is 1. The Hall–Kier alpha value is -1.39. The molecule has 1 saturated heterocycles. The Morgan fingerprint density at radius 2 is 1.90 bits per heavy atom. The fraction of sp³-hybridized carbons (Fsp3) is 0.562. The molecule has 2 aliphatic rings. The van der Waals surface area contributed by atoms with Crippen molar-refractivity contribution in [1.82, 2.24) is 10.2 Å². The second-order valence-electron chi connectivity index (χ2n) is 5.98. The highest BCUT2D eigenvalue weighted by atomic mass is 16.3. The van der Waals surface area contributed by atoms with E-state index >= 15 is 0 Å². The van der Waals surface area contributed by atoms with Crippen molar-refractivity contribution in [2.75, 3.05) is 6.54 Å². The number of hydrogen-bond acceptors (Lipinski definition) is 3. The number of rotatable bonds is 2. The summed E-state index contributed by atoms with van der Waals surface area (Å²) in [6.45, 7) is 1.11. The van der Waals surface area contributed by atoms with E-state index in [4.69, 9.17) is 0 Å². The van der Waals surface area contributed by atoms with E-state index < -0.39 is 6.23 Å². The Kier molecular flexibility index (Phi) is 3.76. The summed E-state index contributed by atoms with van der Waals surface area (Å²) < 4.78 is 0. The fourth-order valence-corrected chi connectivity index (χ4v) is 3.61. The molecule has 1 unspecified atom stereocenters. The molecular weight excluding hydrogens is 252 g/mol. The van der Waals surface area contributed by atoms with Gasteiger partial charge in [-0.1, -0.05) is 49.6 Å². The number of carbonyl (C=O) groups is 1. The molecule has 1 spiro atoms. The highest BCUT2D eigenvalue weighted by Gasteiger charge is 2.48. The second kappa shape index (κ2) is 5.54. The molecule has 20 heavy (non-hydrogen) atoms. The van der Waals surface area contributed by atoms with Crippen LogP contribution in [0.15, 0.2) is 30.3 Å². The first kappa shape index (κ1) is 13.6. The van der Waals surface area contributed by atoms with Crippen molar-refractivity contribution in [2.24, 2.45) is 0 Å². The van der Waals surface area contributed by atoms with Gasteiger partial charge in [0, 0.05) is 6.54 Å². The fourth-order valence-electron chi connectivity index (χ4n) is 3.61. The van der Waals surface area contributed by atoms with E-state index in [-0.39, 0.29) is 11.4 Å². The number of aliphatic hydroxyl groups excluding tert-OH is 1. The topological polar surface area (TPSA) is 52.6 Å². The van der Waals surface area contributed by atoms with Crippen molar-refractivity contribution < 1.29 is 9.90 Å². The van der Waals surface area contributed by atoms with E-state index in [0.29, 0.717) is 6.54 Å². The molecular formula is C16H22N2O2. The molecule has 1 aliphatic heterocycles. The van der Waals surface area contributed by atoms with Crippen molar-refractivity contribution in [2.45, 2.75) is 50.4 Å². The van der Waals surface area contributed by atoms with Gasteiger partial charge in [-0.25, -0.2) is 0 Å². The number of carbonyl (C=O) groups excluding carboxylic acids is 1. The highest BCUT2D eigenvalue weighted by molar-refractivity contribution is 5.79. The molecule has 0 radical (unpaired) electrons. The lowest BCUT2D eigenvalue weighted by Crippen LogP contribution is -2.69. The Bertz CT molecular complexity index is 469. The predicted molar refractivity (Wildman–Crippen MR) is 76.8 cm³/mol. The molecule has 2 N–H and O–H groups in total. The number of nitrogens with zero attached hydrogens (tertiary/aromatic N) is 1. The number of hydrogen-bond donors (Lipinski definition) is 2. The lowest BCUT2D eigenvalue weighted by molar-refractivity contribution is -0.149. The van der Waals surface area contributed by atoms with Gasteiger partial charge in [-0.2, -0.15) is 0 Å². The van der Waals surface area contributed by atoms with E-state index in [9.17, 15) is 9.90 Å². The van der Waals surface area contributed by atoms with Gasteiger partial charge >= 0.3 is 0 Å². The van der Waals surface area contributed by atoms with Gasteiger partial charge in [-0.3, -0.25) is 9.69 Å². The van der Waals surface area contributed by atoms with E-state index in [1.165, 1.54) is 12.0 Å². The SMILES string of the molecule is O=C1CN(Cc2ccccc2)C2(CCCCC2)C(O)N1. The average Bonchev–Trinajstić information content (AvgIpc) is 2.47. The summed E-state index contributed by atoms with van der Waals surface area (Å²) in [6, 6.07) is 10.2. The molecule has 1 aromatic carbocycles. The zero-order chi connectivity index (χ0) is 14.0. The van der Waals surface area contributed by atoms with Gasteiger partial charge in [-0.05, 0) is 18.4 Å². The first-order chi connectivity index (χ1) is 9.71. The van der Waals surface area contributed by atoms with Crippen molar-refractivity contribution in [3.05, 3.63) is 35.9 Å². The van der Waals surface area contributed by atoms with E-state index in [0.717, 1.165) is 32.2 Å². The Morgan fingerprint density at radius 1 is 1.20 bits per heavy atom. The molecule has 1 heterocycles. The molecule has 1 aromatic rings. The summed E-state index contributed by atoms with van der Waals surface area (Å²) in [4.78, 5) is 14.0. The molecule has 4 nitrogen and oxygen atoms in total. The standard InChI is InChI=1S/C16H22N2O2/c19-14-12-18(11-13-7-3-1-4-8-13)16(15(20)17-14)9-5-2-6-10-16/h1,3-4,7-8,15,20H,2,5-6,9-12H2,(H,17,19). The summed E-state index contributed by atoms with van der Waals surface area (Å²) in [5, 5.41) is 13.2. The maximum Gasteiger partial charge on any atom is 0.236 e. The summed E-state index contributed by atoms with van der Waals surface area (Å²) in [7, 11) is 0. The first-order valence-electron chi connectivity index (χ1n) is 7.47. The van der Waals surface area contributed by atoms with E-state index in [1.54, 1.807) is 0 Å². The number of nitrogens with one attached hydrogen (secondary N) is 1. The Labute approximate surface area is 119 Å². The lowest BCUT2D eigenvalue weighted by Gasteiger charge is -2.52. The van der Waals surface area contributed by atoms with Gasteiger partial charge in [0.05, 0.1) is 12.1 Å². The number of amides is 1. The molecule has 1 amide bonds. The molecule has 108 valence electrons. The summed E-state index contributed by atoms with van der Waals surface area (Å²) in [5.41, 5.74) is 0.918. The minimum absolute atomic E-state index is 0.0790. The van der Waals surface area contributed by atoms with Crippen molar-refractivity contribution >= 4 is 5.91 Å². The molecule has 3 rings (SSSR count). The molecule has 1 aliphatic carbocycles. The zero-order valence-corrected chi connectivity index (χ0v) is 11.7. The summed E-state index contributed by atoms with van der Waals surface area (Å²) in [5.74, 6) is -0.0790. The van der Waals surface area contributed by atoms with Crippen LogP contribution in [0.1, 0.15) is 37.7 Å². The second-order valence-corrected chi connectivity index (χ2v) is 5.98. The molecule has 4 heteroatoms. The van der Waals surface area contributed by atoms with Crippen LogP contribution in [0.3, 0.4) is 0 Å². The third kappa shape index (κ3) is 2.45. The van der Waals surface area contributed by atoms with Gasteiger partial charge in [0.2, 0.25) is 5.91 Å². The monoisotopic (exact) mass is 274 g/mol. The predicted octanol–water partition coefficient (Wildman–Crippen LogP) is 1.64. The van der Waals surface area contributed by atoms with Crippen LogP contribution in [0.5, 0.6) is 0 Å². The van der Waals surface area contributed by atoms with E-state index in [1.807, 2.05) is 18.2 Å². The maximum atomic E-state index is 11.8. The lowest BCUT2D eigenvalue weighted by atomic mass is 9.77. The molecule has 1 saturated carbocycles. The van der Waals surface area contributed by atoms with Crippen LogP contribution in [0.25, 0.3) is 0 Å². The third-order valence-corrected chi connectivity index (χ3v) is 4.71. The zero-order valence-electron chi connectivity index (χ0n) is 11.7. The number of benzene rings is 1. The smallest absolute Gasteiger partial charge is 0.236 e. The largest absolute Gasteiger partial charge is 0.372 e. The van der Waals surface area contributed by atoms with Crippen molar-refractivity contribution in [3.63, 3.8) is 0 Å². The van der Waals surface area contributed by atoms with Crippen molar-refractivity contribution in [1.29, 1.82) is 0 Å². The highest BCUT2D eigenvalue weighted by Crippen LogP contribution is 2.38. The van der Waals surface area contributed by atoms with Gasteiger partial charge in [0.25, 0.3) is 0 Å².